The van der Waals surface area contributed by atoms with E-state index >= 15 is 0 Å². The number of nitrogens with one attached hydrogen (secondary N) is 4. The number of H-pyrrole nitrogens is 1. The first kappa shape index (κ1) is 28.4. The predicted octanol–water partition coefficient (Wildman–Crippen LogP) is -2.91. The average Bonchev–Trinajstić information content (AvgIpc) is 3.27. The van der Waals surface area contributed by atoms with Crippen LogP contribution >= 0.6 is 12.6 Å². The standard InChI is InChI=1S/C18H26N6O9S/c19-9(1-2-13(25)26)15(29)24-12(6-34)17(31)22-10(3-8-5-20-7-21-8)16(30)23-11(18(32)33)4-14(27)28/h5,7,9-12,34H,1-4,6,19H2,(H,20,21)(H,22,31)(H,23,30)(H,24,29)(H,25,26)(H,27,28)(H,32,33). The number of amides is 3. The summed E-state index contributed by atoms with van der Waals surface area (Å²) in [4.78, 5) is 76.9. The van der Waals surface area contributed by atoms with Crippen LogP contribution in [-0.2, 0) is 35.2 Å². The van der Waals surface area contributed by atoms with E-state index in [0.29, 0.717) is 5.69 Å². The van der Waals surface area contributed by atoms with Gasteiger partial charge >= 0.3 is 17.9 Å². The second-order valence-electron chi connectivity index (χ2n) is 7.12. The zero-order valence-electron chi connectivity index (χ0n) is 17.8. The summed E-state index contributed by atoms with van der Waals surface area (Å²) >= 11 is 4.00. The molecule has 0 saturated heterocycles. The van der Waals surface area contributed by atoms with Gasteiger partial charge in [0.2, 0.25) is 17.7 Å². The second kappa shape index (κ2) is 13.8. The normalized spacial score (nSPS) is 14.2. The highest BCUT2D eigenvalue weighted by Crippen LogP contribution is 2.03. The Labute approximate surface area is 198 Å². The van der Waals surface area contributed by atoms with Gasteiger partial charge in [-0.25, -0.2) is 9.78 Å². The fraction of sp³-hybridized carbons (Fsp3) is 0.500. The number of aromatic nitrogens is 2. The summed E-state index contributed by atoms with van der Waals surface area (Å²) < 4.78 is 0. The molecule has 0 spiro atoms. The Morgan fingerprint density at radius 2 is 1.53 bits per heavy atom. The zero-order chi connectivity index (χ0) is 25.8. The van der Waals surface area contributed by atoms with Gasteiger partial charge in [-0.2, -0.15) is 12.6 Å². The Morgan fingerprint density at radius 3 is 2.03 bits per heavy atom. The van der Waals surface area contributed by atoms with E-state index in [2.05, 4.69) is 38.5 Å². The molecule has 0 aliphatic carbocycles. The first-order chi connectivity index (χ1) is 15.9. The third-order valence-electron chi connectivity index (χ3n) is 4.43. The van der Waals surface area contributed by atoms with Gasteiger partial charge in [0.1, 0.15) is 18.1 Å². The fourth-order valence-corrected chi connectivity index (χ4v) is 2.88. The summed E-state index contributed by atoms with van der Waals surface area (Å²) in [5.74, 6) is -7.06. The van der Waals surface area contributed by atoms with Crippen LogP contribution in [0.4, 0.5) is 0 Å². The molecule has 0 aliphatic rings. The Bertz CT molecular complexity index is 894. The van der Waals surface area contributed by atoms with Crippen molar-refractivity contribution in [3.8, 4) is 0 Å². The van der Waals surface area contributed by atoms with E-state index in [4.69, 9.17) is 21.1 Å². The monoisotopic (exact) mass is 502 g/mol. The number of carbonyl (C=O) groups is 6. The Morgan fingerprint density at radius 1 is 0.941 bits per heavy atom. The van der Waals surface area contributed by atoms with E-state index in [1.54, 1.807) is 0 Å². The molecular weight excluding hydrogens is 476 g/mol. The number of carboxylic acids is 3. The number of aliphatic carboxylic acids is 3. The molecule has 16 heteroatoms. The molecule has 4 unspecified atom stereocenters. The van der Waals surface area contributed by atoms with Gasteiger partial charge in [-0.3, -0.25) is 24.0 Å². The number of carboxylic acid groups (broad SMARTS) is 3. The summed E-state index contributed by atoms with van der Waals surface area (Å²) in [5, 5.41) is 33.4. The Hall–Kier alpha value is -3.66. The van der Waals surface area contributed by atoms with Crippen molar-refractivity contribution in [1.82, 2.24) is 25.9 Å². The van der Waals surface area contributed by atoms with Crippen LogP contribution in [-0.4, -0.2) is 90.8 Å². The van der Waals surface area contributed by atoms with Gasteiger partial charge in [0, 0.05) is 30.5 Å². The Balaban J connectivity index is 2.93. The van der Waals surface area contributed by atoms with Gasteiger partial charge in [-0.1, -0.05) is 0 Å². The van der Waals surface area contributed by atoms with Gasteiger partial charge in [-0.15, -0.1) is 0 Å². The zero-order valence-corrected chi connectivity index (χ0v) is 18.7. The van der Waals surface area contributed by atoms with Crippen LogP contribution in [0, 0.1) is 0 Å². The highest BCUT2D eigenvalue weighted by atomic mass is 32.1. The molecule has 0 bridgehead atoms. The minimum Gasteiger partial charge on any atom is -0.481 e. The van der Waals surface area contributed by atoms with E-state index in [1.165, 1.54) is 12.5 Å². The highest BCUT2D eigenvalue weighted by Gasteiger charge is 2.31. The SMILES string of the molecule is NC(CCC(=O)O)C(=O)NC(CS)C(=O)NC(Cc1cnc[nH]1)C(=O)NC(CC(=O)O)C(=O)O. The molecule has 3 amide bonds. The molecule has 0 aliphatic heterocycles. The molecule has 0 saturated carbocycles. The lowest BCUT2D eigenvalue weighted by molar-refractivity contribution is -0.147. The number of nitrogens with zero attached hydrogens (tertiary/aromatic N) is 1. The summed E-state index contributed by atoms with van der Waals surface area (Å²) in [5.41, 5.74) is 6.02. The molecule has 9 N–H and O–H groups in total. The van der Waals surface area contributed by atoms with E-state index in [9.17, 15) is 28.8 Å². The van der Waals surface area contributed by atoms with Crippen LogP contribution in [0.5, 0.6) is 0 Å². The first-order valence-electron chi connectivity index (χ1n) is 9.85. The third kappa shape index (κ3) is 9.86. The summed E-state index contributed by atoms with van der Waals surface area (Å²) in [7, 11) is 0. The number of imidazole rings is 1. The van der Waals surface area contributed by atoms with Crippen LogP contribution in [0.15, 0.2) is 12.5 Å². The lowest BCUT2D eigenvalue weighted by atomic mass is 10.1. The van der Waals surface area contributed by atoms with Gasteiger partial charge in [0.05, 0.1) is 18.8 Å². The van der Waals surface area contributed by atoms with Crippen molar-refractivity contribution < 1.29 is 44.1 Å². The quantitative estimate of drug-likeness (QED) is 0.110. The number of hydrogen-bond acceptors (Lipinski definition) is 9. The van der Waals surface area contributed by atoms with Crippen LogP contribution in [0.25, 0.3) is 0 Å². The van der Waals surface area contributed by atoms with Crippen LogP contribution in [0.2, 0.25) is 0 Å². The topological polar surface area (TPSA) is 254 Å². The highest BCUT2D eigenvalue weighted by molar-refractivity contribution is 7.80. The van der Waals surface area contributed by atoms with E-state index in [0.717, 1.165) is 0 Å². The number of thiol groups is 1. The first-order valence-corrected chi connectivity index (χ1v) is 10.5. The minimum absolute atomic E-state index is 0.164. The van der Waals surface area contributed by atoms with Crippen LogP contribution in [0.1, 0.15) is 25.0 Å². The van der Waals surface area contributed by atoms with Crippen molar-refractivity contribution in [3.05, 3.63) is 18.2 Å². The van der Waals surface area contributed by atoms with E-state index in [1.807, 2.05) is 0 Å². The van der Waals surface area contributed by atoms with Gasteiger partial charge in [-0.05, 0) is 6.42 Å². The summed E-state index contributed by atoms with van der Waals surface area (Å²) in [6.45, 7) is 0. The van der Waals surface area contributed by atoms with Crippen molar-refractivity contribution in [1.29, 1.82) is 0 Å². The third-order valence-corrected chi connectivity index (χ3v) is 4.79. The average molecular weight is 503 g/mol. The van der Waals surface area contributed by atoms with E-state index in [-0.39, 0.29) is 25.0 Å². The van der Waals surface area contributed by atoms with Crippen molar-refractivity contribution in [2.45, 2.75) is 49.9 Å². The fourth-order valence-electron chi connectivity index (χ4n) is 2.63. The minimum atomic E-state index is -1.75. The van der Waals surface area contributed by atoms with Crippen LogP contribution < -0.4 is 21.7 Å². The van der Waals surface area contributed by atoms with Gasteiger partial charge in [0.25, 0.3) is 0 Å². The Kier molecular flexibility index (Phi) is 11.5. The van der Waals surface area contributed by atoms with Crippen molar-refractivity contribution >= 4 is 48.3 Å². The molecule has 1 aromatic rings. The molecular formula is C18H26N6O9S. The molecule has 0 aromatic carbocycles. The van der Waals surface area contributed by atoms with Gasteiger partial charge in [0.15, 0.2) is 0 Å². The largest absolute Gasteiger partial charge is 0.481 e. The lowest BCUT2D eigenvalue weighted by Crippen LogP contribution is -2.58. The maximum Gasteiger partial charge on any atom is 0.326 e. The smallest absolute Gasteiger partial charge is 0.326 e. The second-order valence-corrected chi connectivity index (χ2v) is 7.49. The summed E-state index contributed by atoms with van der Waals surface area (Å²) in [6.07, 6.45) is 1.08. The molecule has 1 rings (SSSR count). The van der Waals surface area contributed by atoms with Crippen molar-refractivity contribution in [2.75, 3.05) is 5.75 Å². The maximum absolute atomic E-state index is 12.7. The molecule has 4 atom stereocenters. The number of hydrogen-bond donors (Lipinski definition) is 9. The summed E-state index contributed by atoms with van der Waals surface area (Å²) in [6, 6.07) is -5.59. The van der Waals surface area contributed by atoms with E-state index < -0.39 is 66.2 Å². The number of aromatic amines is 1. The van der Waals surface area contributed by atoms with Crippen molar-refractivity contribution in [2.24, 2.45) is 5.73 Å². The molecule has 188 valence electrons. The predicted molar refractivity (Wildman–Crippen MR) is 117 cm³/mol. The molecule has 15 nitrogen and oxygen atoms in total. The maximum atomic E-state index is 12.7. The van der Waals surface area contributed by atoms with Crippen molar-refractivity contribution in [3.63, 3.8) is 0 Å². The molecule has 0 radical (unpaired) electrons. The number of nitrogens with two attached hydrogens (primary N) is 1. The number of rotatable bonds is 15. The molecule has 0 fully saturated rings. The molecule has 1 heterocycles. The lowest BCUT2D eigenvalue weighted by Gasteiger charge is -2.24. The van der Waals surface area contributed by atoms with Crippen LogP contribution in [0.3, 0.4) is 0 Å². The molecule has 1 aromatic heterocycles. The number of carbonyl (C=O) groups excluding carboxylic acids is 3. The molecule has 34 heavy (non-hydrogen) atoms. The van der Waals surface area contributed by atoms with Gasteiger partial charge < -0.3 is 42.0 Å².